The third kappa shape index (κ3) is 4.63. The van der Waals surface area contributed by atoms with Gasteiger partial charge >= 0.3 is 5.97 Å². The quantitative estimate of drug-likeness (QED) is 0.483. The molecule has 4 aromatic rings. The molecule has 0 aliphatic heterocycles. The monoisotopic (exact) mass is 418 g/mol. The standard InChI is InChI=1S/C23H22N4O4/c1-14-6-4-8-18(10-14)27-25-20(22(26-27)23(28)29)12-17-7-5-9-19(11-17)30-13-21-15(2)31-16(3)24-21/h4-11H,12-13H2,1-3H3,(H,28,29). The van der Waals surface area contributed by atoms with Crippen molar-refractivity contribution in [1.82, 2.24) is 20.0 Å². The number of aromatic carboxylic acids is 1. The lowest BCUT2D eigenvalue weighted by Crippen LogP contribution is -2.03. The minimum atomic E-state index is -1.11. The van der Waals surface area contributed by atoms with E-state index in [1.807, 2.05) is 62.4 Å². The van der Waals surface area contributed by atoms with E-state index in [1.54, 1.807) is 6.92 Å². The van der Waals surface area contributed by atoms with Crippen molar-refractivity contribution in [2.24, 2.45) is 0 Å². The van der Waals surface area contributed by atoms with Crippen LogP contribution in [0, 0.1) is 20.8 Å². The first-order chi connectivity index (χ1) is 14.9. The molecule has 0 radical (unpaired) electrons. The van der Waals surface area contributed by atoms with Crippen molar-refractivity contribution in [3.05, 3.63) is 88.4 Å². The summed E-state index contributed by atoms with van der Waals surface area (Å²) in [5.41, 5.74) is 3.68. The zero-order valence-corrected chi connectivity index (χ0v) is 17.5. The molecular formula is C23H22N4O4. The van der Waals surface area contributed by atoms with Crippen molar-refractivity contribution >= 4 is 5.97 Å². The van der Waals surface area contributed by atoms with E-state index in [1.165, 1.54) is 4.80 Å². The fraction of sp³-hybridized carbons (Fsp3) is 0.217. The van der Waals surface area contributed by atoms with Crippen molar-refractivity contribution in [2.45, 2.75) is 33.8 Å². The van der Waals surface area contributed by atoms with Crippen molar-refractivity contribution in [2.75, 3.05) is 0 Å². The number of hydrogen-bond donors (Lipinski definition) is 1. The van der Waals surface area contributed by atoms with Gasteiger partial charge in [0.15, 0.2) is 11.6 Å². The lowest BCUT2D eigenvalue weighted by molar-refractivity contribution is 0.0689. The normalized spacial score (nSPS) is 10.9. The van der Waals surface area contributed by atoms with Gasteiger partial charge in [-0.2, -0.15) is 9.90 Å². The van der Waals surface area contributed by atoms with Gasteiger partial charge < -0.3 is 14.3 Å². The molecule has 2 aromatic heterocycles. The van der Waals surface area contributed by atoms with Crippen LogP contribution in [0.5, 0.6) is 5.75 Å². The number of carbonyl (C=O) groups is 1. The number of nitrogens with zero attached hydrogens (tertiary/aromatic N) is 4. The molecule has 0 unspecified atom stereocenters. The molecule has 0 saturated heterocycles. The predicted molar refractivity (Wildman–Crippen MR) is 113 cm³/mol. The average Bonchev–Trinajstić information content (AvgIpc) is 3.29. The summed E-state index contributed by atoms with van der Waals surface area (Å²) >= 11 is 0. The first kappa shape index (κ1) is 20.3. The SMILES string of the molecule is Cc1cccc(-n2nc(Cc3cccc(OCc4nc(C)oc4C)c3)c(C(=O)O)n2)c1. The maximum Gasteiger partial charge on any atom is 0.358 e. The van der Waals surface area contributed by atoms with Crippen LogP contribution in [0.1, 0.15) is 44.7 Å². The molecule has 4 rings (SSSR count). The Morgan fingerprint density at radius 3 is 2.58 bits per heavy atom. The van der Waals surface area contributed by atoms with Crippen LogP contribution < -0.4 is 4.74 Å². The second-order valence-electron chi connectivity index (χ2n) is 7.28. The number of ether oxygens (including phenoxy) is 1. The highest BCUT2D eigenvalue weighted by molar-refractivity contribution is 5.86. The van der Waals surface area contributed by atoms with Crippen LogP contribution in [-0.2, 0) is 13.0 Å². The fourth-order valence-electron chi connectivity index (χ4n) is 3.29. The van der Waals surface area contributed by atoms with Crippen molar-refractivity contribution in [1.29, 1.82) is 0 Å². The molecule has 1 N–H and O–H groups in total. The van der Waals surface area contributed by atoms with Gasteiger partial charge in [-0.25, -0.2) is 9.78 Å². The lowest BCUT2D eigenvalue weighted by atomic mass is 10.1. The Hall–Kier alpha value is -3.94. The van der Waals surface area contributed by atoms with Crippen LogP contribution in [-0.4, -0.2) is 31.1 Å². The number of oxazole rings is 1. The van der Waals surface area contributed by atoms with E-state index in [-0.39, 0.29) is 12.3 Å². The van der Waals surface area contributed by atoms with Crippen LogP contribution in [0.4, 0.5) is 0 Å². The molecular weight excluding hydrogens is 396 g/mol. The first-order valence-electron chi connectivity index (χ1n) is 9.80. The second-order valence-corrected chi connectivity index (χ2v) is 7.28. The van der Waals surface area contributed by atoms with Crippen molar-refractivity contribution < 1.29 is 19.1 Å². The van der Waals surface area contributed by atoms with E-state index >= 15 is 0 Å². The number of rotatable bonds is 7. The fourth-order valence-corrected chi connectivity index (χ4v) is 3.29. The van der Waals surface area contributed by atoms with Crippen LogP contribution in [0.15, 0.2) is 52.9 Å². The number of carboxylic acid groups (broad SMARTS) is 1. The molecule has 31 heavy (non-hydrogen) atoms. The zero-order chi connectivity index (χ0) is 22.0. The summed E-state index contributed by atoms with van der Waals surface area (Å²) in [6.45, 7) is 5.89. The molecule has 8 nitrogen and oxygen atoms in total. The molecule has 158 valence electrons. The molecule has 0 fully saturated rings. The van der Waals surface area contributed by atoms with Gasteiger partial charge in [0.1, 0.15) is 29.5 Å². The Labute approximate surface area is 179 Å². The van der Waals surface area contributed by atoms with E-state index in [2.05, 4.69) is 15.2 Å². The predicted octanol–water partition coefficient (Wildman–Crippen LogP) is 4.05. The third-order valence-corrected chi connectivity index (χ3v) is 4.76. The molecule has 0 aliphatic rings. The summed E-state index contributed by atoms with van der Waals surface area (Å²) in [4.78, 5) is 17.4. The Balaban J connectivity index is 1.55. The third-order valence-electron chi connectivity index (χ3n) is 4.76. The molecule has 0 saturated carbocycles. The van der Waals surface area contributed by atoms with E-state index in [9.17, 15) is 9.90 Å². The highest BCUT2D eigenvalue weighted by Gasteiger charge is 2.19. The molecule has 2 aromatic carbocycles. The summed E-state index contributed by atoms with van der Waals surface area (Å²) in [5, 5.41) is 18.2. The zero-order valence-electron chi connectivity index (χ0n) is 17.5. The minimum Gasteiger partial charge on any atom is -0.487 e. The number of benzene rings is 2. The van der Waals surface area contributed by atoms with Gasteiger partial charge in [0.05, 0.1) is 5.69 Å². The van der Waals surface area contributed by atoms with Crippen molar-refractivity contribution in [3.8, 4) is 11.4 Å². The lowest BCUT2D eigenvalue weighted by Gasteiger charge is -2.07. The Kier molecular flexibility index (Phi) is 5.53. The van der Waals surface area contributed by atoms with Crippen LogP contribution in [0.2, 0.25) is 0 Å². The number of aryl methyl sites for hydroxylation is 3. The maximum atomic E-state index is 11.7. The Bertz CT molecular complexity index is 1240. The van der Waals surface area contributed by atoms with Gasteiger partial charge in [0.2, 0.25) is 0 Å². The van der Waals surface area contributed by atoms with Crippen LogP contribution in [0.3, 0.4) is 0 Å². The van der Waals surface area contributed by atoms with Gasteiger partial charge in [-0.15, -0.1) is 5.10 Å². The molecule has 0 atom stereocenters. The van der Waals surface area contributed by atoms with Gasteiger partial charge in [0, 0.05) is 13.3 Å². The average molecular weight is 418 g/mol. The summed E-state index contributed by atoms with van der Waals surface area (Å²) in [6.07, 6.45) is 0.312. The molecule has 0 amide bonds. The van der Waals surface area contributed by atoms with Crippen LogP contribution in [0.25, 0.3) is 5.69 Å². The summed E-state index contributed by atoms with van der Waals surface area (Å²) in [6, 6.07) is 15.0. The number of carboxylic acids is 1. The Morgan fingerprint density at radius 2 is 1.87 bits per heavy atom. The molecule has 0 aliphatic carbocycles. The van der Waals surface area contributed by atoms with E-state index in [4.69, 9.17) is 9.15 Å². The van der Waals surface area contributed by atoms with Gasteiger partial charge in [-0.05, 0) is 49.2 Å². The number of aromatic nitrogens is 4. The number of hydrogen-bond acceptors (Lipinski definition) is 6. The van der Waals surface area contributed by atoms with Gasteiger partial charge in [-0.1, -0.05) is 24.3 Å². The van der Waals surface area contributed by atoms with Gasteiger partial charge in [0.25, 0.3) is 0 Å². The van der Waals surface area contributed by atoms with E-state index in [0.717, 1.165) is 22.6 Å². The topological polar surface area (TPSA) is 103 Å². The summed E-state index contributed by atoms with van der Waals surface area (Å²) in [5.74, 6) is 0.869. The summed E-state index contributed by atoms with van der Waals surface area (Å²) < 4.78 is 11.3. The molecule has 8 heteroatoms. The first-order valence-corrected chi connectivity index (χ1v) is 9.80. The smallest absolute Gasteiger partial charge is 0.358 e. The Morgan fingerprint density at radius 1 is 1.06 bits per heavy atom. The van der Waals surface area contributed by atoms with Gasteiger partial charge in [-0.3, -0.25) is 0 Å². The van der Waals surface area contributed by atoms with E-state index in [0.29, 0.717) is 29.4 Å². The highest BCUT2D eigenvalue weighted by atomic mass is 16.5. The van der Waals surface area contributed by atoms with Crippen molar-refractivity contribution in [3.63, 3.8) is 0 Å². The molecule has 0 bridgehead atoms. The minimum absolute atomic E-state index is 0.0680. The molecule has 2 heterocycles. The highest BCUT2D eigenvalue weighted by Crippen LogP contribution is 2.20. The maximum absolute atomic E-state index is 11.7. The molecule has 0 spiro atoms. The van der Waals surface area contributed by atoms with E-state index < -0.39 is 5.97 Å². The largest absolute Gasteiger partial charge is 0.487 e. The summed E-state index contributed by atoms with van der Waals surface area (Å²) in [7, 11) is 0. The van der Waals surface area contributed by atoms with Crippen LogP contribution >= 0.6 is 0 Å². The second kappa shape index (κ2) is 8.43.